The van der Waals surface area contributed by atoms with Gasteiger partial charge < -0.3 is 15.0 Å². The van der Waals surface area contributed by atoms with Gasteiger partial charge in [0.15, 0.2) is 0 Å². The Morgan fingerprint density at radius 1 is 1.50 bits per heavy atom. The van der Waals surface area contributed by atoms with Crippen LogP contribution in [0.2, 0.25) is 5.02 Å². The predicted molar refractivity (Wildman–Crippen MR) is 69.4 cm³/mol. The fourth-order valence-electron chi connectivity index (χ4n) is 1.73. The number of aromatic hydroxyl groups is 1. The highest BCUT2D eigenvalue weighted by atomic mass is 35.5. The van der Waals surface area contributed by atoms with Crippen LogP contribution < -0.4 is 5.32 Å². The van der Waals surface area contributed by atoms with Crippen molar-refractivity contribution in [3.8, 4) is 5.75 Å². The van der Waals surface area contributed by atoms with Crippen LogP contribution in [-0.4, -0.2) is 19.9 Å². The standard InChI is InChI=1S/C12H15ClN4O/c1-8(12-16-15-7-17(12)2)14-6-9-5-10(13)3-4-11(9)18/h3-5,7-8,14,18H,6H2,1-2H3. The molecular formula is C12H15ClN4O. The van der Waals surface area contributed by atoms with Gasteiger partial charge in [-0.05, 0) is 25.1 Å². The van der Waals surface area contributed by atoms with E-state index in [1.54, 1.807) is 24.5 Å². The van der Waals surface area contributed by atoms with Crippen LogP contribution in [0.3, 0.4) is 0 Å². The Morgan fingerprint density at radius 3 is 2.94 bits per heavy atom. The normalized spacial score (nSPS) is 12.6. The fraction of sp³-hybridized carbons (Fsp3) is 0.333. The lowest BCUT2D eigenvalue weighted by molar-refractivity contribution is 0.457. The second kappa shape index (κ2) is 5.37. The molecule has 0 fully saturated rings. The molecular weight excluding hydrogens is 252 g/mol. The van der Waals surface area contributed by atoms with Gasteiger partial charge in [0, 0.05) is 24.2 Å². The van der Waals surface area contributed by atoms with Gasteiger partial charge in [0.1, 0.15) is 17.9 Å². The lowest BCUT2D eigenvalue weighted by Gasteiger charge is -2.13. The molecule has 1 atom stereocenters. The van der Waals surface area contributed by atoms with Gasteiger partial charge in [-0.15, -0.1) is 10.2 Å². The molecule has 0 aliphatic heterocycles. The van der Waals surface area contributed by atoms with Crippen LogP contribution in [0.25, 0.3) is 0 Å². The second-order valence-electron chi connectivity index (χ2n) is 4.18. The van der Waals surface area contributed by atoms with Crippen molar-refractivity contribution < 1.29 is 5.11 Å². The van der Waals surface area contributed by atoms with Crippen LogP contribution in [0, 0.1) is 0 Å². The first-order valence-corrected chi connectivity index (χ1v) is 6.00. The summed E-state index contributed by atoms with van der Waals surface area (Å²) < 4.78 is 1.86. The topological polar surface area (TPSA) is 63.0 Å². The molecule has 2 N–H and O–H groups in total. The number of aryl methyl sites for hydroxylation is 1. The van der Waals surface area contributed by atoms with Crippen LogP contribution in [-0.2, 0) is 13.6 Å². The first-order chi connectivity index (χ1) is 8.58. The summed E-state index contributed by atoms with van der Waals surface area (Å²) in [5, 5.41) is 21.4. The average molecular weight is 267 g/mol. The zero-order chi connectivity index (χ0) is 13.1. The number of hydrogen-bond acceptors (Lipinski definition) is 4. The number of phenols is 1. The average Bonchev–Trinajstić information content (AvgIpc) is 2.76. The van der Waals surface area contributed by atoms with Gasteiger partial charge in [0.05, 0.1) is 6.04 Å². The Morgan fingerprint density at radius 2 is 2.28 bits per heavy atom. The number of hydrogen-bond donors (Lipinski definition) is 2. The summed E-state index contributed by atoms with van der Waals surface area (Å²) in [6.07, 6.45) is 1.66. The van der Waals surface area contributed by atoms with Crippen molar-refractivity contribution >= 4 is 11.6 Å². The van der Waals surface area contributed by atoms with E-state index in [0.29, 0.717) is 11.6 Å². The third-order valence-corrected chi connectivity index (χ3v) is 3.01. The van der Waals surface area contributed by atoms with E-state index < -0.39 is 0 Å². The van der Waals surface area contributed by atoms with Crippen molar-refractivity contribution in [3.05, 3.63) is 40.9 Å². The molecule has 0 radical (unpaired) electrons. The van der Waals surface area contributed by atoms with E-state index in [1.165, 1.54) is 0 Å². The maximum Gasteiger partial charge on any atom is 0.149 e. The van der Waals surface area contributed by atoms with Gasteiger partial charge in [-0.2, -0.15) is 0 Å². The largest absolute Gasteiger partial charge is 0.508 e. The van der Waals surface area contributed by atoms with Crippen molar-refractivity contribution in [2.45, 2.75) is 19.5 Å². The highest BCUT2D eigenvalue weighted by molar-refractivity contribution is 6.30. The number of phenolic OH excluding ortho intramolecular Hbond substituents is 1. The molecule has 0 spiro atoms. The maximum atomic E-state index is 9.70. The van der Waals surface area contributed by atoms with E-state index in [1.807, 2.05) is 18.5 Å². The molecule has 0 bridgehead atoms. The van der Waals surface area contributed by atoms with Gasteiger partial charge in [0.25, 0.3) is 0 Å². The van der Waals surface area contributed by atoms with Gasteiger partial charge in [0.2, 0.25) is 0 Å². The van der Waals surface area contributed by atoms with Crippen LogP contribution in [0.5, 0.6) is 5.75 Å². The van der Waals surface area contributed by atoms with E-state index >= 15 is 0 Å². The molecule has 1 aromatic heterocycles. The minimum Gasteiger partial charge on any atom is -0.508 e. The van der Waals surface area contributed by atoms with Crippen molar-refractivity contribution in [1.29, 1.82) is 0 Å². The number of nitrogens with zero attached hydrogens (tertiary/aromatic N) is 3. The minimum absolute atomic E-state index is 0.0379. The van der Waals surface area contributed by atoms with Crippen molar-refractivity contribution in [2.24, 2.45) is 7.05 Å². The molecule has 2 rings (SSSR count). The molecule has 0 aliphatic carbocycles. The smallest absolute Gasteiger partial charge is 0.149 e. The molecule has 0 saturated carbocycles. The van der Waals surface area contributed by atoms with Crippen LogP contribution in [0.4, 0.5) is 0 Å². The van der Waals surface area contributed by atoms with E-state index in [0.717, 1.165) is 11.4 Å². The number of benzene rings is 1. The summed E-state index contributed by atoms with van der Waals surface area (Å²) in [6.45, 7) is 2.51. The fourth-order valence-corrected chi connectivity index (χ4v) is 1.93. The van der Waals surface area contributed by atoms with E-state index in [-0.39, 0.29) is 11.8 Å². The zero-order valence-corrected chi connectivity index (χ0v) is 11.0. The van der Waals surface area contributed by atoms with E-state index in [2.05, 4.69) is 15.5 Å². The SMILES string of the molecule is CC(NCc1cc(Cl)ccc1O)c1nncn1C. The molecule has 0 saturated heterocycles. The van der Waals surface area contributed by atoms with E-state index in [9.17, 15) is 5.11 Å². The second-order valence-corrected chi connectivity index (χ2v) is 4.61. The van der Waals surface area contributed by atoms with Gasteiger partial charge in [-0.25, -0.2) is 0 Å². The number of rotatable bonds is 4. The quantitative estimate of drug-likeness (QED) is 0.889. The lowest BCUT2D eigenvalue weighted by Crippen LogP contribution is -2.21. The Bertz CT molecular complexity index is 541. The molecule has 6 heteroatoms. The Labute approximate surface area is 110 Å². The third-order valence-electron chi connectivity index (χ3n) is 2.77. The first kappa shape index (κ1) is 12.9. The molecule has 96 valence electrons. The number of aromatic nitrogens is 3. The van der Waals surface area contributed by atoms with Crippen LogP contribution >= 0.6 is 11.6 Å². The monoisotopic (exact) mass is 266 g/mol. The molecule has 1 aromatic carbocycles. The first-order valence-electron chi connectivity index (χ1n) is 5.62. The summed E-state index contributed by atoms with van der Waals surface area (Å²) in [5.74, 6) is 1.08. The Balaban J connectivity index is 2.03. The van der Waals surface area contributed by atoms with Crippen molar-refractivity contribution in [1.82, 2.24) is 20.1 Å². The number of nitrogens with one attached hydrogen (secondary N) is 1. The predicted octanol–water partition coefficient (Wildman–Crippen LogP) is 2.02. The van der Waals surface area contributed by atoms with Crippen molar-refractivity contribution in [3.63, 3.8) is 0 Å². The third kappa shape index (κ3) is 2.80. The molecule has 0 aliphatic rings. The highest BCUT2D eigenvalue weighted by Crippen LogP contribution is 2.22. The Kier molecular flexibility index (Phi) is 3.84. The van der Waals surface area contributed by atoms with Gasteiger partial charge in [-0.1, -0.05) is 11.6 Å². The summed E-state index contributed by atoms with van der Waals surface area (Å²) >= 11 is 5.89. The van der Waals surface area contributed by atoms with Crippen LogP contribution in [0.15, 0.2) is 24.5 Å². The molecule has 1 unspecified atom stereocenters. The highest BCUT2D eigenvalue weighted by Gasteiger charge is 2.11. The molecule has 1 heterocycles. The van der Waals surface area contributed by atoms with Gasteiger partial charge in [-0.3, -0.25) is 0 Å². The molecule has 5 nitrogen and oxygen atoms in total. The maximum absolute atomic E-state index is 9.70. The molecule has 18 heavy (non-hydrogen) atoms. The Hall–Kier alpha value is -1.59. The van der Waals surface area contributed by atoms with Crippen molar-refractivity contribution in [2.75, 3.05) is 0 Å². The van der Waals surface area contributed by atoms with E-state index in [4.69, 9.17) is 11.6 Å². The summed E-state index contributed by atoms with van der Waals surface area (Å²) in [5.41, 5.74) is 0.761. The molecule has 2 aromatic rings. The summed E-state index contributed by atoms with van der Waals surface area (Å²) in [7, 11) is 1.89. The summed E-state index contributed by atoms with van der Waals surface area (Å²) in [4.78, 5) is 0. The molecule has 0 amide bonds. The lowest BCUT2D eigenvalue weighted by atomic mass is 10.2. The van der Waals surface area contributed by atoms with Gasteiger partial charge >= 0.3 is 0 Å². The number of halogens is 1. The van der Waals surface area contributed by atoms with Crippen LogP contribution in [0.1, 0.15) is 24.4 Å². The minimum atomic E-state index is 0.0379. The zero-order valence-electron chi connectivity index (χ0n) is 10.3. The summed E-state index contributed by atoms with van der Waals surface area (Å²) in [6, 6.07) is 5.03.